The normalized spacial score (nSPS) is 22.2. The molecule has 1 unspecified atom stereocenters. The van der Waals surface area contributed by atoms with Crippen molar-refractivity contribution in [3.63, 3.8) is 0 Å². The second-order valence-electron chi connectivity index (χ2n) is 3.56. The first-order valence-corrected chi connectivity index (χ1v) is 5.80. The minimum atomic E-state index is -0.612. The zero-order valence-electron chi connectivity index (χ0n) is 6.88. The first-order chi connectivity index (χ1) is 5.62. The van der Waals surface area contributed by atoms with Gasteiger partial charge in [-0.1, -0.05) is 0 Å². The summed E-state index contributed by atoms with van der Waals surface area (Å²) in [5.74, 6) is 0.475. The van der Waals surface area contributed by atoms with E-state index in [1.165, 1.54) is 0 Å². The quantitative estimate of drug-likeness (QED) is 0.851. The molecule has 1 aliphatic rings. The number of hydrogen-bond acceptors (Lipinski definition) is 2. The van der Waals surface area contributed by atoms with Crippen LogP contribution in [-0.2, 0) is 5.60 Å². The Balaban J connectivity index is 2.33. The lowest BCUT2D eigenvalue weighted by molar-refractivity contribution is 0.0328. The maximum absolute atomic E-state index is 10.2. The maximum Gasteiger partial charge on any atom is 0.0915 e. The van der Waals surface area contributed by atoms with Gasteiger partial charge in [0.05, 0.1) is 5.60 Å². The molecule has 0 saturated heterocycles. The molecule has 1 fully saturated rings. The molecule has 0 spiro atoms. The largest absolute Gasteiger partial charge is 0.385 e. The highest BCUT2D eigenvalue weighted by atomic mass is 79.9. The van der Waals surface area contributed by atoms with Gasteiger partial charge in [-0.2, -0.15) is 11.3 Å². The van der Waals surface area contributed by atoms with E-state index >= 15 is 0 Å². The van der Waals surface area contributed by atoms with E-state index in [9.17, 15) is 5.11 Å². The van der Waals surface area contributed by atoms with E-state index in [4.69, 9.17) is 0 Å². The molecule has 0 bridgehead atoms. The van der Waals surface area contributed by atoms with E-state index in [-0.39, 0.29) is 0 Å². The molecule has 1 atom stereocenters. The molecule has 3 heteroatoms. The van der Waals surface area contributed by atoms with Gasteiger partial charge < -0.3 is 5.11 Å². The van der Waals surface area contributed by atoms with Crippen molar-refractivity contribution in [2.45, 2.75) is 25.4 Å². The summed E-state index contributed by atoms with van der Waals surface area (Å²) in [5, 5.41) is 14.2. The third-order valence-electron chi connectivity index (χ3n) is 2.53. The summed E-state index contributed by atoms with van der Waals surface area (Å²) in [6, 6.07) is 0. The molecule has 1 aromatic rings. The predicted molar refractivity (Wildman–Crippen MR) is 54.3 cm³/mol. The fourth-order valence-corrected chi connectivity index (χ4v) is 3.32. The Morgan fingerprint density at radius 2 is 2.25 bits per heavy atom. The molecular weight excluding hydrogens is 236 g/mol. The molecular formula is C9H11BrOS. The highest BCUT2D eigenvalue weighted by Crippen LogP contribution is 2.47. The lowest BCUT2D eigenvalue weighted by atomic mass is 9.94. The third-order valence-corrected chi connectivity index (χ3v) is 4.24. The summed E-state index contributed by atoms with van der Waals surface area (Å²) in [7, 11) is 0. The van der Waals surface area contributed by atoms with Crippen molar-refractivity contribution in [1.29, 1.82) is 0 Å². The highest BCUT2D eigenvalue weighted by Gasteiger charge is 2.42. The van der Waals surface area contributed by atoms with Crippen molar-refractivity contribution in [3.05, 3.63) is 20.8 Å². The number of thiophene rings is 1. The van der Waals surface area contributed by atoms with Gasteiger partial charge >= 0.3 is 0 Å². The lowest BCUT2D eigenvalue weighted by Crippen LogP contribution is -2.23. The first kappa shape index (κ1) is 8.73. The van der Waals surface area contributed by atoms with Gasteiger partial charge in [-0.15, -0.1) is 0 Å². The van der Waals surface area contributed by atoms with Crippen LogP contribution in [0.15, 0.2) is 15.2 Å². The van der Waals surface area contributed by atoms with Crippen LogP contribution in [0.1, 0.15) is 25.3 Å². The van der Waals surface area contributed by atoms with Crippen LogP contribution in [-0.4, -0.2) is 5.11 Å². The molecule has 0 aromatic carbocycles. The molecule has 1 heterocycles. The summed E-state index contributed by atoms with van der Waals surface area (Å²) in [4.78, 5) is 0. The SMILES string of the molecule is CC(O)(c1cscc1Br)C1CC1. The van der Waals surface area contributed by atoms with Gasteiger partial charge in [0.15, 0.2) is 0 Å². The Hall–Kier alpha value is 0.140. The van der Waals surface area contributed by atoms with Crippen molar-refractivity contribution < 1.29 is 5.11 Å². The van der Waals surface area contributed by atoms with Gasteiger partial charge in [0, 0.05) is 15.4 Å². The predicted octanol–water partition coefficient (Wildman–Crippen LogP) is 3.13. The van der Waals surface area contributed by atoms with E-state index in [2.05, 4.69) is 15.9 Å². The minimum Gasteiger partial charge on any atom is -0.385 e. The van der Waals surface area contributed by atoms with E-state index in [0.717, 1.165) is 22.9 Å². The zero-order valence-corrected chi connectivity index (χ0v) is 9.28. The lowest BCUT2D eigenvalue weighted by Gasteiger charge is -2.22. The molecule has 1 saturated carbocycles. The molecule has 12 heavy (non-hydrogen) atoms. The van der Waals surface area contributed by atoms with Gasteiger partial charge in [0.1, 0.15) is 0 Å². The molecule has 1 aliphatic carbocycles. The van der Waals surface area contributed by atoms with Crippen molar-refractivity contribution in [2.24, 2.45) is 5.92 Å². The third kappa shape index (κ3) is 1.34. The van der Waals surface area contributed by atoms with E-state index in [1.54, 1.807) is 11.3 Å². The van der Waals surface area contributed by atoms with Crippen molar-refractivity contribution >= 4 is 27.3 Å². The number of aliphatic hydroxyl groups is 1. The Morgan fingerprint density at radius 1 is 1.58 bits per heavy atom. The van der Waals surface area contributed by atoms with Crippen LogP contribution in [0.4, 0.5) is 0 Å². The smallest absolute Gasteiger partial charge is 0.0915 e. The monoisotopic (exact) mass is 246 g/mol. The highest BCUT2D eigenvalue weighted by molar-refractivity contribution is 9.10. The fourth-order valence-electron chi connectivity index (χ4n) is 1.51. The van der Waals surface area contributed by atoms with Crippen LogP contribution in [0.5, 0.6) is 0 Å². The molecule has 0 aliphatic heterocycles. The minimum absolute atomic E-state index is 0.475. The van der Waals surface area contributed by atoms with Crippen molar-refractivity contribution in [1.82, 2.24) is 0 Å². The number of rotatable bonds is 2. The Morgan fingerprint density at radius 3 is 2.67 bits per heavy atom. The van der Waals surface area contributed by atoms with Gasteiger partial charge in [0.25, 0.3) is 0 Å². The van der Waals surface area contributed by atoms with Crippen LogP contribution < -0.4 is 0 Å². The van der Waals surface area contributed by atoms with E-state index in [0.29, 0.717) is 5.92 Å². The van der Waals surface area contributed by atoms with Crippen LogP contribution >= 0.6 is 27.3 Å². The molecule has 1 aromatic heterocycles. The van der Waals surface area contributed by atoms with Crippen LogP contribution in [0.2, 0.25) is 0 Å². The Bertz CT molecular complexity index is 288. The molecule has 0 amide bonds. The van der Waals surface area contributed by atoms with E-state index < -0.39 is 5.60 Å². The fraction of sp³-hybridized carbons (Fsp3) is 0.556. The van der Waals surface area contributed by atoms with Gasteiger partial charge in [-0.25, -0.2) is 0 Å². The van der Waals surface area contributed by atoms with E-state index in [1.807, 2.05) is 17.7 Å². The number of halogens is 1. The van der Waals surface area contributed by atoms with Crippen molar-refractivity contribution in [3.8, 4) is 0 Å². The van der Waals surface area contributed by atoms with Crippen LogP contribution in [0, 0.1) is 5.92 Å². The van der Waals surface area contributed by atoms with Gasteiger partial charge in [0.2, 0.25) is 0 Å². The summed E-state index contributed by atoms with van der Waals surface area (Å²) >= 11 is 5.08. The second kappa shape index (κ2) is 2.82. The summed E-state index contributed by atoms with van der Waals surface area (Å²) < 4.78 is 1.05. The topological polar surface area (TPSA) is 20.2 Å². The summed E-state index contributed by atoms with van der Waals surface area (Å²) in [6.45, 7) is 1.91. The van der Waals surface area contributed by atoms with Gasteiger partial charge in [-0.05, 0) is 47.0 Å². The first-order valence-electron chi connectivity index (χ1n) is 4.07. The molecule has 0 radical (unpaired) electrons. The maximum atomic E-state index is 10.2. The van der Waals surface area contributed by atoms with Crippen LogP contribution in [0.25, 0.3) is 0 Å². The summed E-state index contributed by atoms with van der Waals surface area (Å²) in [5.41, 5.74) is 0.439. The standard InChI is InChI=1S/C9H11BrOS/c1-9(11,6-2-3-6)7-4-12-5-8(7)10/h4-6,11H,2-3H2,1H3. The average molecular weight is 247 g/mol. The molecule has 1 N–H and O–H groups in total. The Labute approximate surface area is 84.6 Å². The molecule has 2 rings (SSSR count). The van der Waals surface area contributed by atoms with Crippen molar-refractivity contribution in [2.75, 3.05) is 0 Å². The zero-order chi connectivity index (χ0) is 8.77. The average Bonchev–Trinajstić information content (AvgIpc) is 2.75. The Kier molecular flexibility index (Phi) is 2.05. The second-order valence-corrected chi connectivity index (χ2v) is 5.15. The van der Waals surface area contributed by atoms with Crippen LogP contribution in [0.3, 0.4) is 0 Å². The molecule has 1 nitrogen and oxygen atoms in total. The number of hydrogen-bond donors (Lipinski definition) is 1. The molecule has 66 valence electrons. The van der Waals surface area contributed by atoms with Gasteiger partial charge in [-0.3, -0.25) is 0 Å². The summed E-state index contributed by atoms with van der Waals surface area (Å²) in [6.07, 6.45) is 2.32.